The summed E-state index contributed by atoms with van der Waals surface area (Å²) in [5, 5.41) is 9.09. The molecule has 1 atom stereocenters. The van der Waals surface area contributed by atoms with Crippen LogP contribution in [0, 0.1) is 0 Å². The topological polar surface area (TPSA) is 101 Å². The van der Waals surface area contributed by atoms with Gasteiger partial charge in [0.15, 0.2) is 6.29 Å². The summed E-state index contributed by atoms with van der Waals surface area (Å²) in [6, 6.07) is 31.9. The van der Waals surface area contributed by atoms with Gasteiger partial charge in [-0.05, 0) is 80.4 Å². The molecule has 0 spiro atoms. The summed E-state index contributed by atoms with van der Waals surface area (Å²) in [6.07, 6.45) is 1.11. The highest BCUT2D eigenvalue weighted by Gasteiger charge is 2.09. The number of hydrogen-bond acceptors (Lipinski definition) is 8. The molecule has 0 aromatic heterocycles. The first-order valence-electron chi connectivity index (χ1n) is 14.2. The first kappa shape index (κ1) is 35.1. The van der Waals surface area contributed by atoms with Crippen LogP contribution in [0.1, 0.15) is 52.6 Å². The number of carbonyl (C=O) groups excluding carboxylic acids is 2. The van der Waals surface area contributed by atoms with E-state index in [0.717, 1.165) is 17.7 Å². The fourth-order valence-corrected chi connectivity index (χ4v) is 3.46. The number of rotatable bonds is 12. The maximum Gasteiger partial charge on any atom is 0.338 e. The number of ether oxygens (including phenoxy) is 5. The van der Waals surface area contributed by atoms with Crippen LogP contribution in [0.3, 0.4) is 0 Å². The Morgan fingerprint density at radius 3 is 1.55 bits per heavy atom. The van der Waals surface area contributed by atoms with Crippen molar-refractivity contribution >= 4 is 11.9 Å². The number of phenols is 1. The van der Waals surface area contributed by atoms with Crippen molar-refractivity contribution in [3.05, 3.63) is 144 Å². The molecule has 1 unspecified atom stereocenters. The lowest BCUT2D eigenvalue weighted by molar-refractivity contribution is -0.0613. The van der Waals surface area contributed by atoms with E-state index in [2.05, 4.69) is 11.3 Å². The average Bonchev–Trinajstić information content (AvgIpc) is 3.05. The molecule has 232 valence electrons. The van der Waals surface area contributed by atoms with E-state index < -0.39 is 5.97 Å². The highest BCUT2D eigenvalue weighted by molar-refractivity contribution is 5.90. The molecule has 0 saturated heterocycles. The molecule has 0 aliphatic carbocycles. The summed E-state index contributed by atoms with van der Waals surface area (Å²) in [7, 11) is 0. The second-order valence-corrected chi connectivity index (χ2v) is 8.96. The van der Waals surface area contributed by atoms with Gasteiger partial charge < -0.3 is 28.8 Å². The predicted octanol–water partition coefficient (Wildman–Crippen LogP) is 7.72. The second-order valence-electron chi connectivity index (χ2n) is 8.96. The quantitative estimate of drug-likeness (QED) is 0.100. The molecule has 1 N–H and O–H groups in total. The summed E-state index contributed by atoms with van der Waals surface area (Å²) < 4.78 is 25.8. The molecule has 0 amide bonds. The van der Waals surface area contributed by atoms with Gasteiger partial charge in [0, 0.05) is 6.61 Å². The van der Waals surface area contributed by atoms with E-state index in [-0.39, 0.29) is 31.2 Å². The number of esters is 2. The average molecular weight is 601 g/mol. The Kier molecular flexibility index (Phi) is 16.6. The Morgan fingerprint density at radius 1 is 0.705 bits per heavy atom. The third-order valence-electron chi connectivity index (χ3n) is 5.61. The van der Waals surface area contributed by atoms with Gasteiger partial charge >= 0.3 is 11.9 Å². The second kappa shape index (κ2) is 20.7. The van der Waals surface area contributed by atoms with Gasteiger partial charge in [-0.15, -0.1) is 0 Å². The van der Waals surface area contributed by atoms with Crippen LogP contribution in [0.5, 0.6) is 11.5 Å². The lowest BCUT2D eigenvalue weighted by atomic mass is 10.2. The van der Waals surface area contributed by atoms with E-state index in [1.54, 1.807) is 24.3 Å². The summed E-state index contributed by atoms with van der Waals surface area (Å²) in [6.45, 7) is 10.8. The predicted molar refractivity (Wildman–Crippen MR) is 169 cm³/mol. The Balaban J connectivity index is 0.000000272. The van der Waals surface area contributed by atoms with E-state index in [1.807, 2.05) is 81.4 Å². The molecule has 8 nitrogen and oxygen atoms in total. The molecular formula is C36H40O8. The molecule has 0 saturated carbocycles. The molecule has 0 aliphatic heterocycles. The molecular weight excluding hydrogens is 560 g/mol. The Hall–Kier alpha value is -5.08. The van der Waals surface area contributed by atoms with Crippen molar-refractivity contribution in [2.75, 3.05) is 13.2 Å². The molecule has 4 aromatic rings. The van der Waals surface area contributed by atoms with Crippen LogP contribution in [0.4, 0.5) is 0 Å². The van der Waals surface area contributed by atoms with Gasteiger partial charge in [0.05, 0.1) is 24.0 Å². The van der Waals surface area contributed by atoms with Gasteiger partial charge in [0.1, 0.15) is 24.7 Å². The number of benzene rings is 4. The fourth-order valence-electron chi connectivity index (χ4n) is 3.46. The summed E-state index contributed by atoms with van der Waals surface area (Å²) in [5.41, 5.74) is 2.83. The molecule has 8 heteroatoms. The van der Waals surface area contributed by atoms with Crippen LogP contribution < -0.4 is 4.74 Å². The monoisotopic (exact) mass is 600 g/mol. The van der Waals surface area contributed by atoms with E-state index in [9.17, 15) is 9.59 Å². The zero-order chi connectivity index (χ0) is 32.0. The van der Waals surface area contributed by atoms with Gasteiger partial charge in [-0.25, -0.2) is 9.59 Å². The minimum Gasteiger partial charge on any atom is -0.508 e. The van der Waals surface area contributed by atoms with Crippen molar-refractivity contribution < 1.29 is 38.4 Å². The maximum absolute atomic E-state index is 12.0. The lowest BCUT2D eigenvalue weighted by Crippen LogP contribution is -2.16. The van der Waals surface area contributed by atoms with Crippen LogP contribution in [-0.2, 0) is 32.2 Å². The summed E-state index contributed by atoms with van der Waals surface area (Å²) in [5.74, 6) is 0.0345. The number of phenolic OH excluding ortho intramolecular Hbond substituents is 1. The minimum absolute atomic E-state index is 0.129. The molecule has 0 bridgehead atoms. The molecule has 0 fully saturated rings. The van der Waals surface area contributed by atoms with Crippen LogP contribution in [0.2, 0.25) is 0 Å². The zero-order valence-corrected chi connectivity index (χ0v) is 25.4. The smallest absolute Gasteiger partial charge is 0.338 e. The summed E-state index contributed by atoms with van der Waals surface area (Å²) >= 11 is 0. The Morgan fingerprint density at radius 2 is 1.16 bits per heavy atom. The van der Waals surface area contributed by atoms with E-state index >= 15 is 0 Å². The number of hydrogen-bond donors (Lipinski definition) is 1. The third kappa shape index (κ3) is 14.2. The molecule has 0 heterocycles. The van der Waals surface area contributed by atoms with Crippen molar-refractivity contribution in [1.29, 1.82) is 0 Å². The number of carbonyl (C=O) groups is 2. The maximum atomic E-state index is 12.0. The van der Waals surface area contributed by atoms with E-state index in [0.29, 0.717) is 23.5 Å². The highest BCUT2D eigenvalue weighted by atomic mass is 16.7. The van der Waals surface area contributed by atoms with Crippen molar-refractivity contribution in [3.8, 4) is 11.5 Å². The minimum atomic E-state index is -0.395. The Labute approximate surface area is 259 Å². The first-order chi connectivity index (χ1) is 21.4. The lowest BCUT2D eigenvalue weighted by Gasteiger charge is -2.14. The van der Waals surface area contributed by atoms with Crippen LogP contribution in [-0.4, -0.2) is 36.5 Å². The van der Waals surface area contributed by atoms with Gasteiger partial charge in [-0.2, -0.15) is 0 Å². The number of aromatic hydroxyl groups is 1. The zero-order valence-electron chi connectivity index (χ0n) is 25.4. The highest BCUT2D eigenvalue weighted by Crippen LogP contribution is 2.16. The van der Waals surface area contributed by atoms with E-state index in [4.69, 9.17) is 24.1 Å². The van der Waals surface area contributed by atoms with Crippen molar-refractivity contribution in [3.63, 3.8) is 0 Å². The first-order valence-corrected chi connectivity index (χ1v) is 14.2. The van der Waals surface area contributed by atoms with Crippen LogP contribution in [0.25, 0.3) is 0 Å². The van der Waals surface area contributed by atoms with Gasteiger partial charge in [-0.1, -0.05) is 67.2 Å². The van der Waals surface area contributed by atoms with Crippen molar-refractivity contribution in [2.24, 2.45) is 0 Å². The van der Waals surface area contributed by atoms with Gasteiger partial charge in [-0.3, -0.25) is 0 Å². The molecule has 4 rings (SSSR count). The van der Waals surface area contributed by atoms with Crippen LogP contribution in [0.15, 0.2) is 122 Å². The van der Waals surface area contributed by atoms with Crippen molar-refractivity contribution in [1.82, 2.24) is 0 Å². The summed E-state index contributed by atoms with van der Waals surface area (Å²) in [4.78, 5) is 23.6. The normalized spacial score (nSPS) is 10.4. The molecule has 4 aromatic carbocycles. The third-order valence-corrected chi connectivity index (χ3v) is 5.61. The van der Waals surface area contributed by atoms with Gasteiger partial charge in [0.2, 0.25) is 0 Å². The molecule has 0 aliphatic rings. The molecule has 44 heavy (non-hydrogen) atoms. The fraction of sp³-hybridized carbons (Fsp3) is 0.222. The van der Waals surface area contributed by atoms with E-state index in [1.165, 1.54) is 30.5 Å². The molecule has 0 radical (unpaired) electrons. The van der Waals surface area contributed by atoms with Gasteiger partial charge in [0.25, 0.3) is 0 Å². The van der Waals surface area contributed by atoms with Crippen molar-refractivity contribution in [2.45, 2.75) is 40.3 Å². The Bertz CT molecular complexity index is 1360. The van der Waals surface area contributed by atoms with Crippen LogP contribution >= 0.6 is 0 Å². The standard InChI is InChI=1S/C18H20O4.C14H12O3.C4H8O/c1-3-20-14(2)22-17-11-9-16(10-12-17)18(19)21-13-15-7-5-4-6-8-15;15-13-8-6-12(7-9-13)14(16)17-10-11-4-2-1-3-5-11;1-3-5-4-2/h4-12,14H,3,13H2,1-2H3;1-9,15H,10H2;3H,1,4H2,2H3. The largest absolute Gasteiger partial charge is 0.508 e. The SMILES string of the molecule is C=COCC.CCOC(C)Oc1ccc(C(=O)OCc2ccccc2)cc1.O=C(OCc1ccccc1)c1ccc(O)cc1.